The number of nitriles is 2. The monoisotopic (exact) mass is 238 g/mol. The van der Waals surface area contributed by atoms with Gasteiger partial charge in [-0.15, -0.1) is 0 Å². The minimum Gasteiger partial charge on any atom is -0.496 e. The smallest absolute Gasteiger partial charge is 0.127 e. The molecule has 2 aromatic carbocycles. The molecule has 0 saturated heterocycles. The molecule has 0 unspecified atom stereocenters. The molecule has 0 aliphatic heterocycles. The maximum atomic E-state index is 9.03. The molecule has 0 aliphatic rings. The first-order valence-corrected chi connectivity index (χ1v) is 5.24. The molecule has 0 bridgehead atoms. The fourth-order valence-electron chi connectivity index (χ4n) is 1.88. The molecule has 0 spiro atoms. The van der Waals surface area contributed by atoms with E-state index in [1.807, 2.05) is 12.1 Å². The van der Waals surface area contributed by atoms with Gasteiger partial charge in [0.05, 0.1) is 25.3 Å². The number of hydrogen-bond acceptors (Lipinski definition) is 4. The van der Waals surface area contributed by atoms with Crippen LogP contribution in [0.2, 0.25) is 0 Å². The van der Waals surface area contributed by atoms with E-state index in [0.29, 0.717) is 22.6 Å². The van der Waals surface area contributed by atoms with Crippen LogP contribution in [0.3, 0.4) is 0 Å². The molecule has 0 saturated carbocycles. The van der Waals surface area contributed by atoms with E-state index in [1.54, 1.807) is 38.5 Å². The van der Waals surface area contributed by atoms with E-state index < -0.39 is 0 Å². The molecule has 0 radical (unpaired) electrons. The zero-order chi connectivity index (χ0) is 13.1. The van der Waals surface area contributed by atoms with Crippen LogP contribution in [0, 0.1) is 22.7 Å². The number of benzene rings is 2. The van der Waals surface area contributed by atoms with Crippen molar-refractivity contribution in [2.24, 2.45) is 0 Å². The molecule has 0 atom stereocenters. The lowest BCUT2D eigenvalue weighted by Gasteiger charge is -2.10. The van der Waals surface area contributed by atoms with Crippen molar-refractivity contribution in [1.29, 1.82) is 10.5 Å². The van der Waals surface area contributed by atoms with Gasteiger partial charge in [0.15, 0.2) is 0 Å². The third-order valence-electron chi connectivity index (χ3n) is 2.76. The number of ether oxygens (including phenoxy) is 2. The average Bonchev–Trinajstić information content (AvgIpc) is 2.44. The van der Waals surface area contributed by atoms with Crippen molar-refractivity contribution in [2.45, 2.75) is 0 Å². The number of fused-ring (bicyclic) bond motifs is 1. The molecule has 88 valence electrons. The topological polar surface area (TPSA) is 66.0 Å². The SMILES string of the molecule is COc1ccc(OC)c2cc(C#N)c(C#N)cc12. The lowest BCUT2D eigenvalue weighted by molar-refractivity contribution is 0.410. The molecule has 0 fully saturated rings. The third-order valence-corrected chi connectivity index (χ3v) is 2.76. The van der Waals surface area contributed by atoms with E-state index in [4.69, 9.17) is 20.0 Å². The van der Waals surface area contributed by atoms with Crippen LogP contribution in [0.4, 0.5) is 0 Å². The van der Waals surface area contributed by atoms with Crippen LogP contribution >= 0.6 is 0 Å². The predicted octanol–water partition coefficient (Wildman–Crippen LogP) is 2.60. The molecule has 18 heavy (non-hydrogen) atoms. The quantitative estimate of drug-likeness (QED) is 0.806. The normalized spacial score (nSPS) is 9.56. The summed E-state index contributed by atoms with van der Waals surface area (Å²) in [5, 5.41) is 19.6. The van der Waals surface area contributed by atoms with Gasteiger partial charge in [-0.25, -0.2) is 0 Å². The Bertz CT molecular complexity index is 633. The van der Waals surface area contributed by atoms with Gasteiger partial charge in [0.2, 0.25) is 0 Å². The van der Waals surface area contributed by atoms with E-state index >= 15 is 0 Å². The fourth-order valence-corrected chi connectivity index (χ4v) is 1.88. The molecular weight excluding hydrogens is 228 g/mol. The van der Waals surface area contributed by atoms with Gasteiger partial charge >= 0.3 is 0 Å². The van der Waals surface area contributed by atoms with Gasteiger partial charge < -0.3 is 9.47 Å². The van der Waals surface area contributed by atoms with Crippen molar-refractivity contribution in [3.63, 3.8) is 0 Å². The Kier molecular flexibility index (Phi) is 3.03. The highest BCUT2D eigenvalue weighted by Crippen LogP contribution is 2.34. The second-order valence-corrected chi connectivity index (χ2v) is 3.64. The van der Waals surface area contributed by atoms with Crippen molar-refractivity contribution in [3.8, 4) is 23.6 Å². The summed E-state index contributed by atoms with van der Waals surface area (Å²) in [4.78, 5) is 0. The number of methoxy groups -OCH3 is 2. The predicted molar refractivity (Wildman–Crippen MR) is 66.5 cm³/mol. The van der Waals surface area contributed by atoms with Crippen LogP contribution in [0.25, 0.3) is 10.8 Å². The van der Waals surface area contributed by atoms with Gasteiger partial charge in [-0.2, -0.15) is 10.5 Å². The minimum absolute atomic E-state index is 0.330. The first-order valence-electron chi connectivity index (χ1n) is 5.24. The largest absolute Gasteiger partial charge is 0.496 e. The Hall–Kier alpha value is -2.72. The summed E-state index contributed by atoms with van der Waals surface area (Å²) in [6.07, 6.45) is 0. The van der Waals surface area contributed by atoms with Gasteiger partial charge in [0.25, 0.3) is 0 Å². The highest BCUT2D eigenvalue weighted by Gasteiger charge is 2.11. The Morgan fingerprint density at radius 1 is 0.833 bits per heavy atom. The number of hydrogen-bond donors (Lipinski definition) is 0. The number of rotatable bonds is 2. The Labute approximate surface area is 105 Å². The molecule has 4 heteroatoms. The molecule has 0 heterocycles. The second-order valence-electron chi connectivity index (χ2n) is 3.64. The van der Waals surface area contributed by atoms with Crippen LogP contribution < -0.4 is 9.47 Å². The van der Waals surface area contributed by atoms with Crippen LogP contribution in [-0.4, -0.2) is 14.2 Å². The minimum atomic E-state index is 0.330. The first-order chi connectivity index (χ1) is 8.74. The molecule has 2 rings (SSSR count). The fraction of sp³-hybridized carbons (Fsp3) is 0.143. The maximum absolute atomic E-state index is 9.03. The van der Waals surface area contributed by atoms with E-state index in [0.717, 1.165) is 10.8 Å². The van der Waals surface area contributed by atoms with E-state index in [1.165, 1.54) is 0 Å². The highest BCUT2D eigenvalue weighted by atomic mass is 16.5. The lowest BCUT2D eigenvalue weighted by atomic mass is 10.0. The summed E-state index contributed by atoms with van der Waals surface area (Å²) in [6.45, 7) is 0. The maximum Gasteiger partial charge on any atom is 0.127 e. The first kappa shape index (κ1) is 11.8. The van der Waals surface area contributed by atoms with Gasteiger partial charge in [-0.05, 0) is 24.3 Å². The molecule has 0 N–H and O–H groups in total. The van der Waals surface area contributed by atoms with Crippen LogP contribution in [0.15, 0.2) is 24.3 Å². The van der Waals surface area contributed by atoms with Crippen molar-refractivity contribution >= 4 is 10.8 Å². The molecule has 4 nitrogen and oxygen atoms in total. The van der Waals surface area contributed by atoms with Crippen molar-refractivity contribution in [1.82, 2.24) is 0 Å². The zero-order valence-electron chi connectivity index (χ0n) is 10.0. The summed E-state index contributed by atoms with van der Waals surface area (Å²) >= 11 is 0. The van der Waals surface area contributed by atoms with Gasteiger partial charge in [0, 0.05) is 10.8 Å². The van der Waals surface area contributed by atoms with E-state index in [-0.39, 0.29) is 0 Å². The van der Waals surface area contributed by atoms with Crippen LogP contribution in [0.1, 0.15) is 11.1 Å². The number of nitrogens with zero attached hydrogens (tertiary/aromatic N) is 2. The van der Waals surface area contributed by atoms with E-state index in [2.05, 4.69) is 0 Å². The lowest BCUT2D eigenvalue weighted by Crippen LogP contribution is -1.92. The zero-order valence-corrected chi connectivity index (χ0v) is 10.0. The summed E-state index contributed by atoms with van der Waals surface area (Å²) in [7, 11) is 3.12. The standard InChI is InChI=1S/C14H10N2O2/c1-17-13-3-4-14(18-2)12-6-10(8-16)9(7-15)5-11(12)13/h3-6H,1-2H3. The van der Waals surface area contributed by atoms with Crippen molar-refractivity contribution < 1.29 is 9.47 Å². The van der Waals surface area contributed by atoms with Crippen LogP contribution in [-0.2, 0) is 0 Å². The molecule has 0 amide bonds. The van der Waals surface area contributed by atoms with Crippen molar-refractivity contribution in [2.75, 3.05) is 14.2 Å². The Morgan fingerprint density at radius 2 is 1.22 bits per heavy atom. The molecule has 0 aromatic heterocycles. The van der Waals surface area contributed by atoms with Gasteiger partial charge in [-0.3, -0.25) is 0 Å². The summed E-state index contributed by atoms with van der Waals surface area (Å²) in [5.41, 5.74) is 0.660. The highest BCUT2D eigenvalue weighted by molar-refractivity contribution is 5.95. The van der Waals surface area contributed by atoms with Gasteiger partial charge in [0.1, 0.15) is 23.6 Å². The Balaban J connectivity index is 2.91. The van der Waals surface area contributed by atoms with Crippen LogP contribution in [0.5, 0.6) is 11.5 Å². The van der Waals surface area contributed by atoms with Gasteiger partial charge in [-0.1, -0.05) is 0 Å². The Morgan fingerprint density at radius 3 is 1.50 bits per heavy atom. The molecule has 2 aromatic rings. The summed E-state index contributed by atoms with van der Waals surface area (Å²) in [5.74, 6) is 1.29. The van der Waals surface area contributed by atoms with E-state index in [9.17, 15) is 0 Å². The second kappa shape index (κ2) is 4.65. The molecule has 0 aliphatic carbocycles. The molecular formula is C14H10N2O2. The third kappa shape index (κ3) is 1.70. The summed E-state index contributed by atoms with van der Waals surface area (Å²) < 4.78 is 10.5. The average molecular weight is 238 g/mol. The summed E-state index contributed by atoms with van der Waals surface area (Å²) in [6, 6.07) is 10.9. The van der Waals surface area contributed by atoms with Crippen molar-refractivity contribution in [3.05, 3.63) is 35.4 Å².